The number of carbonyl (C=O) groups is 1. The quantitative estimate of drug-likeness (QED) is 0.459. The maximum Gasteiger partial charge on any atom is 0.162 e. The molecule has 2 fully saturated rings. The van der Waals surface area contributed by atoms with E-state index in [2.05, 4.69) is 0 Å². The number of aliphatic hydroxyl groups is 1. The van der Waals surface area contributed by atoms with Gasteiger partial charge >= 0.3 is 0 Å². The minimum Gasteiger partial charge on any atom is -0.515 e. The van der Waals surface area contributed by atoms with Gasteiger partial charge in [-0.15, -0.1) is 0 Å². The highest BCUT2D eigenvalue weighted by atomic mass is 16.2. The van der Waals surface area contributed by atoms with Gasteiger partial charge in [0.15, 0.2) is 5.78 Å². The molecule has 0 aromatic carbocycles. The van der Waals surface area contributed by atoms with Crippen LogP contribution in [0.5, 0.6) is 0 Å². The standard InChI is InChI=1S/C11H16O2/c12-7-10-5-8-3-1-2-4-9(8)6-11(10)13/h7-9,12H,1-6H2/b10-7-/t8-,9-/m1/s1. The predicted octanol–water partition coefficient (Wildman–Crippen LogP) is 2.60. The smallest absolute Gasteiger partial charge is 0.162 e. The van der Waals surface area contributed by atoms with Crippen LogP contribution in [-0.2, 0) is 4.79 Å². The Hall–Kier alpha value is -0.790. The van der Waals surface area contributed by atoms with E-state index >= 15 is 0 Å². The molecule has 2 heteroatoms. The third-order valence-electron chi connectivity index (χ3n) is 3.51. The van der Waals surface area contributed by atoms with Crippen molar-refractivity contribution >= 4 is 5.78 Å². The van der Waals surface area contributed by atoms with E-state index in [1.807, 2.05) is 0 Å². The van der Waals surface area contributed by atoms with Crippen molar-refractivity contribution in [2.45, 2.75) is 38.5 Å². The molecule has 2 saturated carbocycles. The van der Waals surface area contributed by atoms with E-state index < -0.39 is 0 Å². The highest BCUT2D eigenvalue weighted by molar-refractivity contribution is 5.96. The van der Waals surface area contributed by atoms with Crippen molar-refractivity contribution in [2.75, 3.05) is 0 Å². The van der Waals surface area contributed by atoms with Gasteiger partial charge in [0.05, 0.1) is 6.26 Å². The lowest BCUT2D eigenvalue weighted by Gasteiger charge is -2.35. The van der Waals surface area contributed by atoms with E-state index in [0.717, 1.165) is 12.7 Å². The molecule has 0 aromatic heterocycles. The number of rotatable bonds is 0. The van der Waals surface area contributed by atoms with E-state index in [1.54, 1.807) is 0 Å². The summed E-state index contributed by atoms with van der Waals surface area (Å²) >= 11 is 0. The summed E-state index contributed by atoms with van der Waals surface area (Å²) in [5, 5.41) is 8.87. The Kier molecular flexibility index (Phi) is 2.38. The molecule has 0 aromatic rings. The molecule has 0 saturated heterocycles. The number of allylic oxidation sites excluding steroid dienone is 1. The van der Waals surface area contributed by atoms with Crippen molar-refractivity contribution in [1.82, 2.24) is 0 Å². The lowest BCUT2D eigenvalue weighted by Crippen LogP contribution is -2.29. The summed E-state index contributed by atoms with van der Waals surface area (Å²) in [7, 11) is 0. The van der Waals surface area contributed by atoms with Crippen LogP contribution in [0.25, 0.3) is 0 Å². The van der Waals surface area contributed by atoms with Gasteiger partial charge in [0, 0.05) is 12.0 Å². The zero-order valence-corrected chi connectivity index (χ0v) is 7.83. The molecule has 2 aliphatic rings. The van der Waals surface area contributed by atoms with Gasteiger partial charge in [0.25, 0.3) is 0 Å². The average Bonchev–Trinajstić information content (AvgIpc) is 2.17. The van der Waals surface area contributed by atoms with E-state index in [0.29, 0.717) is 23.8 Å². The second-order valence-electron chi connectivity index (χ2n) is 4.29. The number of fused-ring (bicyclic) bond motifs is 1. The third-order valence-corrected chi connectivity index (χ3v) is 3.51. The summed E-state index contributed by atoms with van der Waals surface area (Å²) in [5.41, 5.74) is 0.656. The molecule has 0 bridgehead atoms. The first-order chi connectivity index (χ1) is 6.31. The zero-order valence-electron chi connectivity index (χ0n) is 7.83. The van der Waals surface area contributed by atoms with Crippen LogP contribution < -0.4 is 0 Å². The summed E-state index contributed by atoms with van der Waals surface area (Å²) in [6.45, 7) is 0. The second-order valence-corrected chi connectivity index (χ2v) is 4.29. The molecule has 0 unspecified atom stereocenters. The Bertz CT molecular complexity index is 242. The number of ketones is 1. The van der Waals surface area contributed by atoms with Gasteiger partial charge in [-0.2, -0.15) is 0 Å². The Balaban J connectivity index is 2.09. The lowest BCUT2D eigenvalue weighted by atomic mass is 9.69. The second kappa shape index (κ2) is 3.52. The Morgan fingerprint density at radius 2 is 1.77 bits per heavy atom. The molecule has 0 amide bonds. The van der Waals surface area contributed by atoms with Crippen molar-refractivity contribution in [2.24, 2.45) is 11.8 Å². The molecule has 0 spiro atoms. The number of hydrogen-bond acceptors (Lipinski definition) is 2. The fourth-order valence-corrected chi connectivity index (χ4v) is 2.71. The minimum atomic E-state index is 0.172. The first-order valence-electron chi connectivity index (χ1n) is 5.17. The molecule has 2 aliphatic carbocycles. The molecule has 0 heterocycles. The van der Waals surface area contributed by atoms with Crippen LogP contribution in [0.1, 0.15) is 38.5 Å². The highest BCUT2D eigenvalue weighted by Crippen LogP contribution is 2.40. The fraction of sp³-hybridized carbons (Fsp3) is 0.727. The van der Waals surface area contributed by atoms with Crippen molar-refractivity contribution < 1.29 is 9.90 Å². The third kappa shape index (κ3) is 1.62. The first-order valence-corrected chi connectivity index (χ1v) is 5.17. The summed E-state index contributed by atoms with van der Waals surface area (Å²) in [6.07, 6.45) is 7.56. The summed E-state index contributed by atoms with van der Waals surface area (Å²) < 4.78 is 0. The molecular weight excluding hydrogens is 164 g/mol. The SMILES string of the molecule is O=C1C[C@H]2CCCC[C@@H]2C/C1=C/O. The van der Waals surface area contributed by atoms with Gasteiger partial charge < -0.3 is 5.11 Å². The highest BCUT2D eigenvalue weighted by Gasteiger charge is 2.33. The number of hydrogen-bond donors (Lipinski definition) is 1. The van der Waals surface area contributed by atoms with E-state index in [-0.39, 0.29) is 5.78 Å². The predicted molar refractivity (Wildman–Crippen MR) is 50.4 cm³/mol. The zero-order chi connectivity index (χ0) is 9.26. The maximum absolute atomic E-state index is 11.5. The van der Waals surface area contributed by atoms with Crippen LogP contribution in [0.3, 0.4) is 0 Å². The van der Waals surface area contributed by atoms with E-state index in [1.165, 1.54) is 25.7 Å². The first kappa shape index (κ1) is 8.79. The van der Waals surface area contributed by atoms with Crippen molar-refractivity contribution in [3.8, 4) is 0 Å². The molecule has 72 valence electrons. The molecule has 2 atom stereocenters. The minimum absolute atomic E-state index is 0.172. The van der Waals surface area contributed by atoms with Crippen LogP contribution in [-0.4, -0.2) is 10.9 Å². The largest absolute Gasteiger partial charge is 0.515 e. The van der Waals surface area contributed by atoms with Gasteiger partial charge in [-0.05, 0) is 31.1 Å². The Morgan fingerprint density at radius 3 is 2.38 bits per heavy atom. The maximum atomic E-state index is 11.5. The van der Waals surface area contributed by atoms with Crippen LogP contribution in [0.2, 0.25) is 0 Å². The van der Waals surface area contributed by atoms with Crippen LogP contribution in [0.4, 0.5) is 0 Å². The topological polar surface area (TPSA) is 37.3 Å². The van der Waals surface area contributed by atoms with Gasteiger partial charge in [0.2, 0.25) is 0 Å². The average molecular weight is 180 g/mol. The molecule has 0 aliphatic heterocycles. The van der Waals surface area contributed by atoms with Gasteiger partial charge in [-0.3, -0.25) is 4.79 Å². The van der Waals surface area contributed by atoms with E-state index in [4.69, 9.17) is 5.11 Å². The fourth-order valence-electron chi connectivity index (χ4n) is 2.71. The Morgan fingerprint density at radius 1 is 1.15 bits per heavy atom. The lowest BCUT2D eigenvalue weighted by molar-refractivity contribution is -0.119. The number of Topliss-reactive ketones (excluding diaryl/α,β-unsaturated/α-hetero) is 1. The van der Waals surface area contributed by atoms with Crippen LogP contribution in [0.15, 0.2) is 11.8 Å². The Labute approximate surface area is 78.6 Å². The molecule has 0 radical (unpaired) electrons. The molecule has 13 heavy (non-hydrogen) atoms. The van der Waals surface area contributed by atoms with E-state index in [9.17, 15) is 4.79 Å². The van der Waals surface area contributed by atoms with Crippen LogP contribution in [0, 0.1) is 11.8 Å². The monoisotopic (exact) mass is 180 g/mol. The van der Waals surface area contributed by atoms with Gasteiger partial charge in [-0.1, -0.05) is 12.8 Å². The summed E-state index contributed by atoms with van der Waals surface area (Å²) in [6, 6.07) is 0. The normalized spacial score (nSPS) is 37.5. The number of aliphatic hydroxyl groups excluding tert-OH is 1. The van der Waals surface area contributed by atoms with Crippen molar-refractivity contribution in [3.63, 3.8) is 0 Å². The van der Waals surface area contributed by atoms with Crippen LogP contribution >= 0.6 is 0 Å². The summed E-state index contributed by atoms with van der Waals surface area (Å²) in [4.78, 5) is 11.5. The van der Waals surface area contributed by atoms with Gasteiger partial charge in [-0.25, -0.2) is 0 Å². The molecule has 2 rings (SSSR count). The molecule has 1 N–H and O–H groups in total. The summed E-state index contributed by atoms with van der Waals surface area (Å²) in [5.74, 6) is 1.46. The number of carbonyl (C=O) groups excluding carboxylic acids is 1. The van der Waals surface area contributed by atoms with Crippen molar-refractivity contribution in [3.05, 3.63) is 11.8 Å². The van der Waals surface area contributed by atoms with Gasteiger partial charge in [0.1, 0.15) is 0 Å². The molecular formula is C11H16O2. The van der Waals surface area contributed by atoms with Crippen molar-refractivity contribution in [1.29, 1.82) is 0 Å². The molecule has 2 nitrogen and oxygen atoms in total.